The zero-order valence-corrected chi connectivity index (χ0v) is 14.1. The number of benzene rings is 2. The molecule has 3 heteroatoms. The molecular formula is C20H23NOS. The molecule has 1 aliphatic rings. The quantitative estimate of drug-likeness (QED) is 0.775. The van der Waals surface area contributed by atoms with Crippen LogP contribution in [-0.4, -0.2) is 18.2 Å². The van der Waals surface area contributed by atoms with Gasteiger partial charge in [-0.05, 0) is 24.0 Å². The Bertz CT molecular complexity index is 623. The summed E-state index contributed by atoms with van der Waals surface area (Å²) in [5.74, 6) is 2.15. The molecule has 1 N–H and O–H groups in total. The second-order valence-electron chi connectivity index (χ2n) is 6.10. The molecule has 1 fully saturated rings. The van der Waals surface area contributed by atoms with Crippen molar-refractivity contribution >= 4 is 17.7 Å². The fourth-order valence-corrected chi connectivity index (χ4v) is 3.92. The monoisotopic (exact) mass is 325 g/mol. The molecule has 0 unspecified atom stereocenters. The van der Waals surface area contributed by atoms with Gasteiger partial charge in [0.1, 0.15) is 0 Å². The molecule has 2 nitrogen and oxygen atoms in total. The highest BCUT2D eigenvalue weighted by Gasteiger charge is 2.45. The van der Waals surface area contributed by atoms with Crippen molar-refractivity contribution in [2.75, 3.05) is 12.3 Å². The third-order valence-corrected chi connectivity index (χ3v) is 5.64. The highest BCUT2D eigenvalue weighted by atomic mass is 32.2. The zero-order valence-electron chi connectivity index (χ0n) is 13.3. The van der Waals surface area contributed by atoms with Crippen LogP contribution >= 0.6 is 11.8 Å². The van der Waals surface area contributed by atoms with Gasteiger partial charge < -0.3 is 5.32 Å². The highest BCUT2D eigenvalue weighted by molar-refractivity contribution is 7.98. The lowest BCUT2D eigenvalue weighted by molar-refractivity contribution is -0.129. The molecule has 2 aromatic rings. The third kappa shape index (κ3) is 3.78. The maximum Gasteiger partial charge on any atom is 0.230 e. The van der Waals surface area contributed by atoms with Gasteiger partial charge in [0.2, 0.25) is 5.91 Å². The van der Waals surface area contributed by atoms with E-state index in [9.17, 15) is 4.79 Å². The van der Waals surface area contributed by atoms with E-state index >= 15 is 0 Å². The second-order valence-corrected chi connectivity index (χ2v) is 7.20. The number of thioether (sulfide) groups is 1. The van der Waals surface area contributed by atoms with Gasteiger partial charge >= 0.3 is 0 Å². The van der Waals surface area contributed by atoms with Gasteiger partial charge in [-0.15, -0.1) is 0 Å². The minimum absolute atomic E-state index is 0.204. The van der Waals surface area contributed by atoms with Crippen molar-refractivity contribution in [2.45, 2.75) is 30.4 Å². The van der Waals surface area contributed by atoms with Crippen molar-refractivity contribution in [3.63, 3.8) is 0 Å². The minimum Gasteiger partial charge on any atom is -0.355 e. The molecule has 1 amide bonds. The molecule has 3 rings (SSSR count). The van der Waals surface area contributed by atoms with Crippen LogP contribution in [0.5, 0.6) is 0 Å². The molecule has 0 spiro atoms. The fourth-order valence-electron chi connectivity index (χ4n) is 3.10. The van der Waals surface area contributed by atoms with E-state index in [1.54, 1.807) is 0 Å². The van der Waals surface area contributed by atoms with Crippen molar-refractivity contribution in [3.8, 4) is 0 Å². The average molecular weight is 325 g/mol. The first-order valence-electron chi connectivity index (χ1n) is 8.27. The molecular weight excluding hydrogens is 302 g/mol. The average Bonchev–Trinajstić information content (AvgIpc) is 2.55. The third-order valence-electron chi connectivity index (χ3n) is 4.61. The largest absolute Gasteiger partial charge is 0.355 e. The summed E-state index contributed by atoms with van der Waals surface area (Å²) in [4.78, 5) is 12.7. The summed E-state index contributed by atoms with van der Waals surface area (Å²) in [7, 11) is 0. The Balaban J connectivity index is 1.46. The summed E-state index contributed by atoms with van der Waals surface area (Å²) in [6, 6.07) is 20.7. The Morgan fingerprint density at radius 1 is 1.00 bits per heavy atom. The lowest BCUT2D eigenvalue weighted by atomic mass is 9.64. The minimum atomic E-state index is -0.272. The predicted molar refractivity (Wildman–Crippen MR) is 97.6 cm³/mol. The Hall–Kier alpha value is -1.74. The van der Waals surface area contributed by atoms with E-state index in [2.05, 4.69) is 41.7 Å². The van der Waals surface area contributed by atoms with Crippen molar-refractivity contribution < 1.29 is 4.79 Å². The van der Waals surface area contributed by atoms with Gasteiger partial charge in [-0.3, -0.25) is 4.79 Å². The van der Waals surface area contributed by atoms with Crippen molar-refractivity contribution in [1.82, 2.24) is 5.32 Å². The zero-order chi connectivity index (χ0) is 16.0. The van der Waals surface area contributed by atoms with E-state index in [0.29, 0.717) is 0 Å². The number of nitrogens with one attached hydrogen (secondary N) is 1. The maximum absolute atomic E-state index is 12.7. The molecule has 2 aromatic carbocycles. The van der Waals surface area contributed by atoms with Gasteiger partial charge in [0, 0.05) is 18.1 Å². The predicted octanol–water partition coefficient (Wildman–Crippen LogP) is 4.16. The van der Waals surface area contributed by atoms with Gasteiger partial charge in [0.05, 0.1) is 5.41 Å². The van der Waals surface area contributed by atoms with Crippen LogP contribution in [0.4, 0.5) is 0 Å². The molecule has 120 valence electrons. The first kappa shape index (κ1) is 16.1. The lowest BCUT2D eigenvalue weighted by Crippen LogP contribution is -2.49. The summed E-state index contributed by atoms with van der Waals surface area (Å²) in [6.45, 7) is 0.741. The Labute approximate surface area is 142 Å². The van der Waals surface area contributed by atoms with Crippen molar-refractivity contribution in [3.05, 3.63) is 71.8 Å². The number of hydrogen-bond acceptors (Lipinski definition) is 2. The van der Waals surface area contributed by atoms with Crippen molar-refractivity contribution in [2.24, 2.45) is 0 Å². The topological polar surface area (TPSA) is 29.1 Å². The van der Waals surface area contributed by atoms with Crippen LogP contribution in [-0.2, 0) is 16.0 Å². The lowest BCUT2D eigenvalue weighted by Gasteiger charge is -2.40. The first-order valence-corrected chi connectivity index (χ1v) is 9.42. The number of rotatable bonds is 7. The molecule has 0 bridgehead atoms. The summed E-state index contributed by atoms with van der Waals surface area (Å²) < 4.78 is 0. The number of carbonyl (C=O) groups excluding carboxylic acids is 1. The smallest absolute Gasteiger partial charge is 0.230 e. The molecule has 0 saturated heterocycles. The highest BCUT2D eigenvalue weighted by Crippen LogP contribution is 2.43. The summed E-state index contributed by atoms with van der Waals surface area (Å²) in [6.07, 6.45) is 3.09. The molecule has 0 heterocycles. The van der Waals surface area contributed by atoms with Crippen LogP contribution in [0, 0.1) is 0 Å². The van der Waals surface area contributed by atoms with Gasteiger partial charge in [-0.25, -0.2) is 0 Å². The van der Waals surface area contributed by atoms with Crippen LogP contribution < -0.4 is 5.32 Å². The van der Waals surface area contributed by atoms with Crippen LogP contribution in [0.1, 0.15) is 30.4 Å². The molecule has 0 radical (unpaired) electrons. The van der Waals surface area contributed by atoms with Crippen LogP contribution in [0.2, 0.25) is 0 Å². The van der Waals surface area contributed by atoms with Gasteiger partial charge in [-0.2, -0.15) is 11.8 Å². The molecule has 1 saturated carbocycles. The molecule has 23 heavy (non-hydrogen) atoms. The van der Waals surface area contributed by atoms with E-state index in [-0.39, 0.29) is 11.3 Å². The van der Waals surface area contributed by atoms with Gasteiger partial charge in [0.15, 0.2) is 0 Å². The van der Waals surface area contributed by atoms with Crippen LogP contribution in [0.3, 0.4) is 0 Å². The molecule has 0 atom stereocenters. The Morgan fingerprint density at radius 2 is 1.65 bits per heavy atom. The van der Waals surface area contributed by atoms with Gasteiger partial charge in [-0.1, -0.05) is 67.1 Å². The maximum atomic E-state index is 12.7. The number of carbonyl (C=O) groups is 1. The number of hydrogen-bond donors (Lipinski definition) is 1. The molecule has 0 aromatic heterocycles. The van der Waals surface area contributed by atoms with Crippen molar-refractivity contribution in [1.29, 1.82) is 0 Å². The molecule has 1 aliphatic carbocycles. The Kier molecular flexibility index (Phi) is 5.39. The number of amides is 1. The molecule has 0 aliphatic heterocycles. The first-order chi connectivity index (χ1) is 11.3. The van der Waals surface area contributed by atoms with E-state index in [1.165, 1.54) is 11.1 Å². The summed E-state index contributed by atoms with van der Waals surface area (Å²) in [5.41, 5.74) is 2.23. The van der Waals surface area contributed by atoms with Crippen LogP contribution in [0.25, 0.3) is 0 Å². The summed E-state index contributed by atoms with van der Waals surface area (Å²) in [5, 5.41) is 3.15. The van der Waals surface area contributed by atoms with E-state index < -0.39 is 0 Å². The normalized spacial score (nSPS) is 15.7. The van der Waals surface area contributed by atoms with E-state index in [0.717, 1.165) is 37.3 Å². The Morgan fingerprint density at radius 3 is 2.26 bits per heavy atom. The van der Waals surface area contributed by atoms with Crippen LogP contribution in [0.15, 0.2) is 60.7 Å². The van der Waals surface area contributed by atoms with Gasteiger partial charge in [0.25, 0.3) is 0 Å². The fraction of sp³-hybridized carbons (Fsp3) is 0.350. The standard InChI is InChI=1S/C20H23NOS/c22-19(20(12-7-13-20)18-10-5-2-6-11-18)21-14-15-23-16-17-8-3-1-4-9-17/h1-6,8-11H,7,12-16H2,(H,21,22). The SMILES string of the molecule is O=C(NCCSCc1ccccc1)C1(c2ccccc2)CCC1. The van der Waals surface area contributed by atoms with E-state index in [1.807, 2.05) is 36.0 Å². The van der Waals surface area contributed by atoms with E-state index in [4.69, 9.17) is 0 Å². The second kappa shape index (κ2) is 7.69. The summed E-state index contributed by atoms with van der Waals surface area (Å²) >= 11 is 1.87.